The molecule has 0 radical (unpaired) electrons. The molecular weight excluding hydrogens is 208 g/mol. The fourth-order valence-electron chi connectivity index (χ4n) is 3.93. The summed E-state index contributed by atoms with van der Waals surface area (Å²) in [5.41, 5.74) is 1.61. The standard InChI is InChI=1S/C16H26O/c1-4-7-14-8-6-9-15-10-13(12(3)17)11-16(14,15)5-2/h6,9,11-12,14-15,17H,4-5,7-8,10H2,1-3H3/t12?,14-,15+,16+/m1/s1. The van der Waals surface area contributed by atoms with Gasteiger partial charge in [-0.25, -0.2) is 0 Å². The van der Waals surface area contributed by atoms with Crippen LogP contribution >= 0.6 is 0 Å². The van der Waals surface area contributed by atoms with Crippen molar-refractivity contribution in [3.63, 3.8) is 0 Å². The lowest BCUT2D eigenvalue weighted by Gasteiger charge is -2.42. The molecule has 0 amide bonds. The summed E-state index contributed by atoms with van der Waals surface area (Å²) in [6.45, 7) is 6.51. The molecule has 0 bridgehead atoms. The zero-order valence-electron chi connectivity index (χ0n) is 11.4. The summed E-state index contributed by atoms with van der Waals surface area (Å²) in [6.07, 6.45) is 13.0. The van der Waals surface area contributed by atoms with Gasteiger partial charge >= 0.3 is 0 Å². The Balaban J connectivity index is 2.32. The average molecular weight is 234 g/mol. The van der Waals surface area contributed by atoms with Gasteiger partial charge in [-0.05, 0) is 55.4 Å². The summed E-state index contributed by atoms with van der Waals surface area (Å²) < 4.78 is 0. The lowest BCUT2D eigenvalue weighted by molar-refractivity contribution is 0.145. The molecule has 2 aliphatic rings. The monoisotopic (exact) mass is 234 g/mol. The first-order valence-electron chi connectivity index (χ1n) is 7.20. The summed E-state index contributed by atoms with van der Waals surface area (Å²) in [6, 6.07) is 0. The number of fused-ring (bicyclic) bond motifs is 1. The van der Waals surface area contributed by atoms with E-state index in [1.54, 1.807) is 0 Å². The average Bonchev–Trinajstić information content (AvgIpc) is 2.70. The van der Waals surface area contributed by atoms with E-state index < -0.39 is 0 Å². The molecule has 0 aliphatic heterocycles. The summed E-state index contributed by atoms with van der Waals surface area (Å²) in [7, 11) is 0. The van der Waals surface area contributed by atoms with Crippen LogP contribution in [-0.2, 0) is 0 Å². The first-order valence-corrected chi connectivity index (χ1v) is 7.20. The minimum Gasteiger partial charge on any atom is -0.389 e. The molecule has 0 aromatic rings. The van der Waals surface area contributed by atoms with Gasteiger partial charge in [0.1, 0.15) is 0 Å². The molecule has 0 fully saturated rings. The van der Waals surface area contributed by atoms with Gasteiger partial charge in [0.05, 0.1) is 6.10 Å². The second kappa shape index (κ2) is 4.97. The molecule has 17 heavy (non-hydrogen) atoms. The minimum absolute atomic E-state index is 0.264. The molecule has 2 rings (SSSR count). The Kier molecular flexibility index (Phi) is 3.77. The van der Waals surface area contributed by atoms with Gasteiger partial charge in [-0.2, -0.15) is 0 Å². The van der Waals surface area contributed by atoms with E-state index in [1.807, 2.05) is 6.92 Å². The molecule has 2 aliphatic carbocycles. The van der Waals surface area contributed by atoms with E-state index in [2.05, 4.69) is 32.1 Å². The summed E-state index contributed by atoms with van der Waals surface area (Å²) in [4.78, 5) is 0. The Bertz CT molecular complexity index is 326. The van der Waals surface area contributed by atoms with Gasteiger partial charge in [-0.1, -0.05) is 38.5 Å². The second-order valence-corrected chi connectivity index (χ2v) is 5.82. The highest BCUT2D eigenvalue weighted by molar-refractivity contribution is 5.29. The largest absolute Gasteiger partial charge is 0.389 e. The number of aliphatic hydroxyl groups excluding tert-OH is 1. The van der Waals surface area contributed by atoms with Gasteiger partial charge in [0.15, 0.2) is 0 Å². The van der Waals surface area contributed by atoms with Gasteiger partial charge < -0.3 is 5.11 Å². The van der Waals surface area contributed by atoms with Crippen LogP contribution in [0, 0.1) is 17.3 Å². The zero-order valence-corrected chi connectivity index (χ0v) is 11.4. The van der Waals surface area contributed by atoms with E-state index >= 15 is 0 Å². The minimum atomic E-state index is -0.264. The van der Waals surface area contributed by atoms with E-state index in [0.717, 1.165) is 12.3 Å². The Labute approximate surface area is 106 Å². The molecule has 0 heterocycles. The van der Waals surface area contributed by atoms with Crippen molar-refractivity contribution in [3.05, 3.63) is 23.8 Å². The Hall–Kier alpha value is -0.560. The van der Waals surface area contributed by atoms with Crippen molar-refractivity contribution in [1.29, 1.82) is 0 Å². The van der Waals surface area contributed by atoms with Crippen LogP contribution < -0.4 is 0 Å². The van der Waals surface area contributed by atoms with E-state index in [1.165, 1.54) is 31.3 Å². The third kappa shape index (κ3) is 2.10. The summed E-state index contributed by atoms with van der Waals surface area (Å²) in [5, 5.41) is 9.83. The third-order valence-electron chi connectivity index (χ3n) is 4.94. The molecule has 0 saturated heterocycles. The summed E-state index contributed by atoms with van der Waals surface area (Å²) in [5.74, 6) is 1.42. The Morgan fingerprint density at radius 3 is 2.82 bits per heavy atom. The molecule has 0 spiro atoms. The molecule has 1 unspecified atom stereocenters. The fourth-order valence-corrected chi connectivity index (χ4v) is 3.93. The molecule has 1 heteroatoms. The van der Waals surface area contributed by atoms with E-state index in [9.17, 15) is 5.11 Å². The van der Waals surface area contributed by atoms with Crippen LogP contribution in [0.2, 0.25) is 0 Å². The Morgan fingerprint density at radius 1 is 1.47 bits per heavy atom. The van der Waals surface area contributed by atoms with Crippen molar-refractivity contribution in [2.75, 3.05) is 0 Å². The fraction of sp³-hybridized carbons (Fsp3) is 0.750. The molecule has 1 nitrogen and oxygen atoms in total. The van der Waals surface area contributed by atoms with Gasteiger partial charge in [-0.15, -0.1) is 0 Å². The van der Waals surface area contributed by atoms with Crippen molar-refractivity contribution in [3.8, 4) is 0 Å². The second-order valence-electron chi connectivity index (χ2n) is 5.82. The predicted molar refractivity (Wildman–Crippen MR) is 72.7 cm³/mol. The molecule has 96 valence electrons. The number of rotatable bonds is 4. The molecule has 0 aromatic heterocycles. The Morgan fingerprint density at radius 2 is 2.24 bits per heavy atom. The molecule has 4 atom stereocenters. The van der Waals surface area contributed by atoms with Crippen LogP contribution in [0.5, 0.6) is 0 Å². The molecular formula is C16H26O. The van der Waals surface area contributed by atoms with Gasteiger partial charge in [0.2, 0.25) is 0 Å². The van der Waals surface area contributed by atoms with Crippen LogP contribution in [0.15, 0.2) is 23.8 Å². The normalized spacial score (nSPS) is 37.8. The van der Waals surface area contributed by atoms with Crippen LogP contribution in [0.25, 0.3) is 0 Å². The van der Waals surface area contributed by atoms with Crippen LogP contribution in [-0.4, -0.2) is 11.2 Å². The first kappa shape index (κ1) is 12.9. The highest BCUT2D eigenvalue weighted by Gasteiger charge is 2.46. The van der Waals surface area contributed by atoms with Crippen molar-refractivity contribution in [1.82, 2.24) is 0 Å². The van der Waals surface area contributed by atoms with Gasteiger partial charge in [-0.3, -0.25) is 0 Å². The molecule has 1 N–H and O–H groups in total. The zero-order chi connectivity index (χ0) is 12.5. The van der Waals surface area contributed by atoms with Crippen LogP contribution in [0.1, 0.15) is 52.9 Å². The quantitative estimate of drug-likeness (QED) is 0.726. The van der Waals surface area contributed by atoms with Gasteiger partial charge in [0.25, 0.3) is 0 Å². The van der Waals surface area contributed by atoms with E-state index in [4.69, 9.17) is 0 Å². The third-order valence-corrected chi connectivity index (χ3v) is 4.94. The number of hydrogen-bond acceptors (Lipinski definition) is 1. The maximum atomic E-state index is 9.83. The van der Waals surface area contributed by atoms with Crippen molar-refractivity contribution >= 4 is 0 Å². The lowest BCUT2D eigenvalue weighted by atomic mass is 9.62. The summed E-state index contributed by atoms with van der Waals surface area (Å²) >= 11 is 0. The molecule has 0 saturated carbocycles. The van der Waals surface area contributed by atoms with Crippen LogP contribution in [0.3, 0.4) is 0 Å². The van der Waals surface area contributed by atoms with E-state index in [-0.39, 0.29) is 6.10 Å². The predicted octanol–water partition coefficient (Wildman–Crippen LogP) is 4.09. The highest BCUT2D eigenvalue weighted by Crippen LogP contribution is 2.55. The van der Waals surface area contributed by atoms with Gasteiger partial charge in [0, 0.05) is 0 Å². The number of aliphatic hydroxyl groups is 1. The van der Waals surface area contributed by atoms with Crippen molar-refractivity contribution in [2.45, 2.75) is 59.0 Å². The van der Waals surface area contributed by atoms with E-state index in [0.29, 0.717) is 11.3 Å². The topological polar surface area (TPSA) is 20.2 Å². The van der Waals surface area contributed by atoms with Crippen molar-refractivity contribution in [2.24, 2.45) is 17.3 Å². The lowest BCUT2D eigenvalue weighted by Crippen LogP contribution is -2.34. The highest BCUT2D eigenvalue weighted by atomic mass is 16.3. The molecule has 0 aromatic carbocycles. The smallest absolute Gasteiger partial charge is 0.0722 e. The number of hydrogen-bond donors (Lipinski definition) is 1. The number of allylic oxidation sites excluding steroid dienone is 3. The maximum absolute atomic E-state index is 9.83. The van der Waals surface area contributed by atoms with Crippen molar-refractivity contribution < 1.29 is 5.11 Å². The van der Waals surface area contributed by atoms with Crippen LogP contribution in [0.4, 0.5) is 0 Å². The first-order chi connectivity index (χ1) is 8.14. The SMILES string of the molecule is CCC[C@@H]1CC=C[C@H]2CC(C(C)O)=C[C@@]12CC. The maximum Gasteiger partial charge on any atom is 0.0722 e.